The van der Waals surface area contributed by atoms with Gasteiger partial charge in [0.25, 0.3) is 0 Å². The van der Waals surface area contributed by atoms with Crippen LogP contribution in [0.1, 0.15) is 79.3 Å². The molecule has 9 aromatic rings. The molecule has 0 spiro atoms. The van der Waals surface area contributed by atoms with Crippen LogP contribution < -0.4 is 14.2 Å². The normalized spacial score (nSPS) is 29.9. The van der Waals surface area contributed by atoms with E-state index in [2.05, 4.69) is 40.6 Å². The standard InChI is InChI=1S/2C25H19N3O5S.C23H19BrClNO5S/c2*1-27-18-12-19-22(28-14-18)24(30)23(29)21(34(2,31)32)20(16-6-4-3-5-7-16)25(24,33-19)17-10-8-15(13-26)9-11-17;1-32(29,30)19-18(13-5-3-2-4-6-13)23(14-7-9-15(24)10-8-14)22(28,21(19)27)20-17(31-23)11-16(25)12-26-20/h2*3-12,14,20-21,23,29-30H,2H3;2-12,18-19,21,27-28H,1H3/t2*20-,21-,23-,24+,25+;18-,19-,21-,22+,23+/m111/s1. The minimum Gasteiger partial charge on any atom is -0.478 e. The molecule has 3 saturated carbocycles. The molecule has 0 radical (unpaired) electrons. The van der Waals surface area contributed by atoms with Gasteiger partial charge in [0.1, 0.15) is 68.4 Å². The van der Waals surface area contributed by atoms with E-state index in [1.54, 1.807) is 133 Å². The van der Waals surface area contributed by atoms with Gasteiger partial charge in [0, 0.05) is 47.9 Å². The summed E-state index contributed by atoms with van der Waals surface area (Å²) in [6, 6.07) is 54.3. The Morgan fingerprint density at radius 3 is 1.02 bits per heavy atom. The van der Waals surface area contributed by atoms with E-state index in [-0.39, 0.29) is 45.7 Å². The van der Waals surface area contributed by atoms with Crippen LogP contribution in [0.2, 0.25) is 5.02 Å². The van der Waals surface area contributed by atoms with Crippen LogP contribution in [0.3, 0.4) is 0 Å². The fraction of sp³-hybridized carbons (Fsp3) is 0.247. The molecule has 6 aliphatic rings. The molecule has 15 rings (SSSR count). The van der Waals surface area contributed by atoms with Gasteiger partial charge in [-0.3, -0.25) is 15.0 Å². The minimum atomic E-state index is -3.92. The molecule has 0 unspecified atom stereocenters. The second-order valence-corrected chi connectivity index (χ2v) is 33.3. The Labute approximate surface area is 588 Å². The van der Waals surface area contributed by atoms with E-state index in [1.165, 1.54) is 61.1 Å². The molecule has 3 aliphatic carbocycles. The molecule has 6 N–H and O–H groups in total. The van der Waals surface area contributed by atoms with Crippen LogP contribution >= 0.6 is 27.5 Å². The summed E-state index contributed by atoms with van der Waals surface area (Å²) in [7, 11) is -11.7. The smallest absolute Gasteiger partial charge is 0.208 e. The number of pyridine rings is 3. The summed E-state index contributed by atoms with van der Waals surface area (Å²) in [5, 5.41) is 85.9. The molecule has 22 nitrogen and oxygen atoms in total. The highest BCUT2D eigenvalue weighted by Gasteiger charge is 2.81. The summed E-state index contributed by atoms with van der Waals surface area (Å²) in [6.07, 6.45) is 1.64. The summed E-state index contributed by atoms with van der Waals surface area (Å²) >= 11 is 9.55. The first kappa shape index (κ1) is 69.0. The number of hydrogen-bond acceptors (Lipinski definition) is 20. The largest absolute Gasteiger partial charge is 0.478 e. The Hall–Kier alpha value is -9.49. The summed E-state index contributed by atoms with van der Waals surface area (Å²) in [5.74, 6) is -2.63. The van der Waals surface area contributed by atoms with Crippen LogP contribution in [0, 0.1) is 35.8 Å². The summed E-state index contributed by atoms with van der Waals surface area (Å²) < 4.78 is 98.4. The van der Waals surface area contributed by atoms with Crippen molar-refractivity contribution in [2.45, 2.75) is 85.4 Å². The topological polar surface area (TPSA) is 346 Å². The van der Waals surface area contributed by atoms with Crippen molar-refractivity contribution in [1.82, 2.24) is 15.0 Å². The maximum absolute atomic E-state index is 13.1. The zero-order valence-electron chi connectivity index (χ0n) is 52.7. The molecule has 506 valence electrons. The van der Waals surface area contributed by atoms with Gasteiger partial charge >= 0.3 is 0 Å². The predicted molar refractivity (Wildman–Crippen MR) is 367 cm³/mol. The second kappa shape index (κ2) is 24.7. The molecule has 3 aromatic heterocycles. The van der Waals surface area contributed by atoms with Gasteiger partial charge < -0.3 is 44.8 Å². The zero-order valence-corrected chi connectivity index (χ0v) is 57.5. The van der Waals surface area contributed by atoms with Gasteiger partial charge in [0.15, 0.2) is 63.1 Å². The fourth-order valence-corrected chi connectivity index (χ4v) is 21.0. The van der Waals surface area contributed by atoms with Gasteiger partial charge in [-0.1, -0.05) is 155 Å². The number of sulfone groups is 3. The molecular formula is C73H57BrClN7O15S3. The molecule has 3 fully saturated rings. The van der Waals surface area contributed by atoms with Crippen LogP contribution in [0.5, 0.6) is 17.2 Å². The lowest BCUT2D eigenvalue weighted by Crippen LogP contribution is -2.52. The van der Waals surface area contributed by atoms with Gasteiger partial charge in [-0.05, 0) is 81.9 Å². The van der Waals surface area contributed by atoms with Gasteiger partial charge in [0.2, 0.25) is 11.4 Å². The van der Waals surface area contributed by atoms with Gasteiger partial charge in [-0.15, -0.1) is 0 Å². The van der Waals surface area contributed by atoms with Gasteiger partial charge in [-0.2, -0.15) is 10.5 Å². The molecule has 0 saturated heterocycles. The van der Waals surface area contributed by atoms with Crippen LogP contribution in [0.25, 0.3) is 9.69 Å². The predicted octanol–water partition coefficient (Wildman–Crippen LogP) is 8.65. The lowest BCUT2D eigenvalue weighted by Gasteiger charge is -2.40. The first-order valence-electron chi connectivity index (χ1n) is 30.7. The lowest BCUT2D eigenvalue weighted by molar-refractivity contribution is -0.150. The molecular weight excluding hydrogens is 1430 g/mol. The number of aromatic nitrogens is 3. The van der Waals surface area contributed by atoms with Crippen molar-refractivity contribution in [3.8, 4) is 29.4 Å². The molecule has 100 heavy (non-hydrogen) atoms. The Kier molecular flexibility index (Phi) is 17.0. The van der Waals surface area contributed by atoms with Crippen molar-refractivity contribution in [3.05, 3.63) is 295 Å². The quantitative estimate of drug-likeness (QED) is 0.0736. The number of fused-ring (bicyclic) bond motifs is 9. The van der Waals surface area contributed by atoms with Crippen molar-refractivity contribution >= 4 is 68.4 Å². The number of benzene rings is 6. The Balaban J connectivity index is 0.000000134. The van der Waals surface area contributed by atoms with E-state index >= 15 is 0 Å². The highest BCUT2D eigenvalue weighted by Crippen LogP contribution is 2.71. The van der Waals surface area contributed by atoms with Crippen LogP contribution in [-0.4, -0.2) is 124 Å². The Morgan fingerprint density at radius 2 is 0.740 bits per heavy atom. The maximum Gasteiger partial charge on any atom is 0.208 e. The molecule has 6 heterocycles. The van der Waals surface area contributed by atoms with Crippen molar-refractivity contribution in [3.63, 3.8) is 0 Å². The molecule has 15 atom stereocenters. The minimum absolute atomic E-state index is 0.0381. The number of hydrogen-bond donors (Lipinski definition) is 6. The fourth-order valence-electron chi connectivity index (χ4n) is 16.1. The molecule has 3 aliphatic heterocycles. The summed E-state index contributed by atoms with van der Waals surface area (Å²) in [4.78, 5) is 19.5. The monoisotopic (exact) mass is 1480 g/mol. The summed E-state index contributed by atoms with van der Waals surface area (Å²) in [6.45, 7) is 14.6. The van der Waals surface area contributed by atoms with Gasteiger partial charge in [0.05, 0.1) is 59.2 Å². The van der Waals surface area contributed by atoms with E-state index in [0.29, 0.717) is 49.5 Å². The van der Waals surface area contributed by atoms with E-state index in [4.69, 9.17) is 39.0 Å². The van der Waals surface area contributed by atoms with Crippen molar-refractivity contribution in [1.29, 1.82) is 10.5 Å². The first-order valence-corrected chi connectivity index (χ1v) is 37.7. The van der Waals surface area contributed by atoms with Crippen molar-refractivity contribution < 1.29 is 70.1 Å². The Bertz CT molecular complexity index is 5080. The number of aliphatic hydroxyl groups excluding tert-OH is 3. The van der Waals surface area contributed by atoms with Crippen molar-refractivity contribution in [2.75, 3.05) is 18.8 Å². The van der Waals surface area contributed by atoms with Crippen LogP contribution in [0.4, 0.5) is 11.4 Å². The number of aliphatic hydroxyl groups is 6. The molecule has 27 heteroatoms. The molecule has 0 bridgehead atoms. The first-order chi connectivity index (χ1) is 47.5. The third-order valence-electron chi connectivity index (χ3n) is 20.0. The second-order valence-electron chi connectivity index (χ2n) is 25.4. The van der Waals surface area contributed by atoms with E-state index < -0.39 is 115 Å². The molecule has 0 amide bonds. The van der Waals surface area contributed by atoms with E-state index in [9.17, 15) is 66.4 Å². The highest BCUT2D eigenvalue weighted by atomic mass is 79.9. The number of nitrogens with zero attached hydrogens (tertiary/aromatic N) is 7. The number of halogens is 2. The maximum atomic E-state index is 13.1. The summed E-state index contributed by atoms with van der Waals surface area (Å²) in [5.41, 5.74) is -7.94. The lowest BCUT2D eigenvalue weighted by atomic mass is 9.72. The zero-order chi connectivity index (χ0) is 71.5. The van der Waals surface area contributed by atoms with E-state index in [1.807, 2.05) is 18.2 Å². The number of rotatable bonds is 9. The Morgan fingerprint density at radius 1 is 0.460 bits per heavy atom. The average Bonchev–Trinajstić information content (AvgIpc) is 1.51. The van der Waals surface area contributed by atoms with Crippen LogP contribution in [-0.2, 0) is 63.1 Å². The third-order valence-corrected chi connectivity index (χ3v) is 25.3. The highest BCUT2D eigenvalue weighted by molar-refractivity contribution is 9.10. The molecule has 6 aromatic carbocycles. The average molecular weight is 1480 g/mol. The van der Waals surface area contributed by atoms with Crippen LogP contribution in [0.15, 0.2) is 205 Å². The third kappa shape index (κ3) is 10.1. The van der Waals surface area contributed by atoms with E-state index in [0.717, 1.165) is 23.2 Å². The number of ether oxygens (including phenoxy) is 3. The van der Waals surface area contributed by atoms with Gasteiger partial charge in [-0.25, -0.2) is 34.9 Å². The number of nitriles is 2. The SMILES string of the molecule is CS(=O)(=O)[C@H]1[C@@H](O)[C@@]2(O)c3ncc(Cl)cc3O[C@@]2(c2ccc(Br)cc2)[C@@H]1c1ccccc1.[C-]#[N+]c1cnc2c(c1)O[C@@]1(c3ccc(C#N)cc3)[C@H](c3ccccc3)[C@@H](S(C)(=O)=O)[C@@H](O)[C@@]21O.[C-]#[N+]c1cnc2c(c1)O[C@@]1(c3ccc(C#N)cc3)[C@H](c3ccccc3)[C@@H](S(C)(=O)=O)[C@@H](O)[C@@]21O. The van der Waals surface area contributed by atoms with Crippen molar-refractivity contribution in [2.24, 2.45) is 0 Å².